The van der Waals surface area contributed by atoms with Crippen LogP contribution in [0.3, 0.4) is 0 Å². The highest BCUT2D eigenvalue weighted by Crippen LogP contribution is 2.35. The number of rotatable bonds is 3. The van der Waals surface area contributed by atoms with Crippen LogP contribution in [-0.2, 0) is 0 Å². The van der Waals surface area contributed by atoms with Crippen LogP contribution in [-0.4, -0.2) is 40.7 Å². The lowest BCUT2D eigenvalue weighted by molar-refractivity contribution is 0.0709. The molecule has 2 N–H and O–H groups in total. The van der Waals surface area contributed by atoms with Crippen molar-refractivity contribution < 1.29 is 14.6 Å². The van der Waals surface area contributed by atoms with Crippen LogP contribution >= 0.6 is 0 Å². The number of methoxy groups -OCH3 is 1. The molecule has 0 aliphatic carbocycles. The van der Waals surface area contributed by atoms with Gasteiger partial charge in [0.25, 0.3) is 5.91 Å². The van der Waals surface area contributed by atoms with Crippen molar-refractivity contribution in [3.05, 3.63) is 52.8 Å². The van der Waals surface area contributed by atoms with Gasteiger partial charge in [0.2, 0.25) is 0 Å². The van der Waals surface area contributed by atoms with Gasteiger partial charge in [0.05, 0.1) is 19.3 Å². The maximum Gasteiger partial charge on any atom is 0.271 e. The fraction of sp³-hybridized carbons (Fsp3) is 0.389. The molecule has 2 heterocycles. The summed E-state index contributed by atoms with van der Waals surface area (Å²) in [4.78, 5) is 17.8. The minimum Gasteiger partial charge on any atom is -0.497 e. The number of carbonyl (C=O) groups excluding carboxylic acids is 1. The van der Waals surface area contributed by atoms with Gasteiger partial charge in [-0.15, -0.1) is 0 Å². The lowest BCUT2D eigenvalue weighted by atomic mass is 10.0. The number of nitrogens with one attached hydrogen (secondary N) is 1. The molecule has 122 valence electrons. The predicted octanol–water partition coefficient (Wildman–Crippen LogP) is 2.59. The minimum absolute atomic E-state index is 0.0695. The van der Waals surface area contributed by atoms with Crippen molar-refractivity contribution in [2.75, 3.05) is 13.7 Å². The zero-order valence-corrected chi connectivity index (χ0v) is 13.7. The Labute approximate surface area is 135 Å². The molecule has 5 heteroatoms. The average molecular weight is 314 g/mol. The number of aliphatic hydroxyl groups excluding tert-OH is 1. The number of likely N-dealkylation sites (tertiary alicyclic amines) is 1. The normalized spacial score (nSPS) is 20.8. The summed E-state index contributed by atoms with van der Waals surface area (Å²) in [5.41, 5.74) is 3.47. The summed E-state index contributed by atoms with van der Waals surface area (Å²) in [7, 11) is 1.62. The third kappa shape index (κ3) is 2.97. The van der Waals surface area contributed by atoms with Gasteiger partial charge in [0.1, 0.15) is 11.4 Å². The smallest absolute Gasteiger partial charge is 0.271 e. The molecular formula is C18H22N2O3. The zero-order valence-electron chi connectivity index (χ0n) is 13.7. The third-order valence-corrected chi connectivity index (χ3v) is 4.38. The Bertz CT molecular complexity index is 723. The Morgan fingerprint density at radius 1 is 1.35 bits per heavy atom. The van der Waals surface area contributed by atoms with Crippen molar-refractivity contribution in [1.29, 1.82) is 0 Å². The Hall–Kier alpha value is -2.27. The first-order valence-corrected chi connectivity index (χ1v) is 7.78. The Morgan fingerprint density at radius 2 is 2.13 bits per heavy atom. The Morgan fingerprint density at radius 3 is 2.78 bits per heavy atom. The standard InChI is InChI=1S/C18H22N2O3/c1-11-7-12(2)19-17(11)18(22)20-10-14(21)9-16(20)13-5-4-6-15(8-13)23-3/h4-8,14,16,19,21H,9-10H2,1-3H3. The van der Waals surface area contributed by atoms with Crippen LogP contribution in [0.2, 0.25) is 0 Å². The van der Waals surface area contributed by atoms with Crippen molar-refractivity contribution in [3.8, 4) is 5.75 Å². The monoisotopic (exact) mass is 314 g/mol. The van der Waals surface area contributed by atoms with Crippen molar-refractivity contribution in [2.24, 2.45) is 0 Å². The van der Waals surface area contributed by atoms with Crippen molar-refractivity contribution in [3.63, 3.8) is 0 Å². The molecule has 2 unspecified atom stereocenters. The predicted molar refractivity (Wildman–Crippen MR) is 87.7 cm³/mol. The van der Waals surface area contributed by atoms with E-state index in [1.165, 1.54) is 0 Å². The zero-order chi connectivity index (χ0) is 16.6. The van der Waals surface area contributed by atoms with Crippen LogP contribution in [0.4, 0.5) is 0 Å². The number of aromatic nitrogens is 1. The molecule has 2 aromatic rings. The molecule has 5 nitrogen and oxygen atoms in total. The van der Waals surface area contributed by atoms with Crippen LogP contribution in [0.5, 0.6) is 5.75 Å². The molecule has 1 fully saturated rings. The van der Waals surface area contributed by atoms with E-state index < -0.39 is 6.10 Å². The number of hydrogen-bond donors (Lipinski definition) is 2. The highest BCUT2D eigenvalue weighted by atomic mass is 16.5. The molecule has 1 aromatic heterocycles. The van der Waals surface area contributed by atoms with Crippen LogP contribution in [0.1, 0.15) is 39.8 Å². The quantitative estimate of drug-likeness (QED) is 0.915. The second-order valence-corrected chi connectivity index (χ2v) is 6.15. The number of H-pyrrole nitrogens is 1. The number of amides is 1. The Kier molecular flexibility index (Phi) is 4.13. The fourth-order valence-corrected chi connectivity index (χ4v) is 3.30. The summed E-state index contributed by atoms with van der Waals surface area (Å²) >= 11 is 0. The SMILES string of the molecule is COc1cccc(C2CC(O)CN2C(=O)c2[nH]c(C)cc2C)c1. The van der Waals surface area contributed by atoms with Crippen LogP contribution in [0.15, 0.2) is 30.3 Å². The van der Waals surface area contributed by atoms with Crippen LogP contribution in [0, 0.1) is 13.8 Å². The first-order valence-electron chi connectivity index (χ1n) is 7.78. The molecular weight excluding hydrogens is 292 g/mol. The Balaban J connectivity index is 1.93. The lowest BCUT2D eigenvalue weighted by Gasteiger charge is -2.25. The van der Waals surface area contributed by atoms with Gasteiger partial charge in [-0.1, -0.05) is 12.1 Å². The van der Waals surface area contributed by atoms with E-state index in [2.05, 4.69) is 4.98 Å². The first-order chi connectivity index (χ1) is 11.0. The van der Waals surface area contributed by atoms with Crippen LogP contribution < -0.4 is 4.74 Å². The van der Waals surface area contributed by atoms with E-state index in [1.54, 1.807) is 12.0 Å². The molecule has 0 saturated carbocycles. The van der Waals surface area contributed by atoms with E-state index in [4.69, 9.17) is 4.74 Å². The van der Waals surface area contributed by atoms with E-state index in [1.807, 2.05) is 44.2 Å². The van der Waals surface area contributed by atoms with Gasteiger partial charge in [-0.2, -0.15) is 0 Å². The van der Waals surface area contributed by atoms with Gasteiger partial charge in [-0.3, -0.25) is 4.79 Å². The second-order valence-electron chi connectivity index (χ2n) is 6.15. The molecule has 1 aliphatic rings. The van der Waals surface area contributed by atoms with Gasteiger partial charge in [0.15, 0.2) is 0 Å². The van der Waals surface area contributed by atoms with E-state index in [0.717, 1.165) is 22.6 Å². The lowest BCUT2D eigenvalue weighted by Crippen LogP contribution is -2.32. The number of aromatic amines is 1. The van der Waals surface area contributed by atoms with Gasteiger partial charge in [-0.25, -0.2) is 0 Å². The molecule has 1 aromatic carbocycles. The molecule has 0 radical (unpaired) electrons. The molecule has 23 heavy (non-hydrogen) atoms. The third-order valence-electron chi connectivity index (χ3n) is 4.38. The molecule has 1 aliphatic heterocycles. The van der Waals surface area contributed by atoms with Crippen LogP contribution in [0.25, 0.3) is 0 Å². The topological polar surface area (TPSA) is 65.6 Å². The summed E-state index contributed by atoms with van der Waals surface area (Å²) in [6.45, 7) is 4.20. The molecule has 1 saturated heterocycles. The molecule has 0 bridgehead atoms. The highest BCUT2D eigenvalue weighted by molar-refractivity contribution is 5.94. The number of carbonyl (C=O) groups is 1. The molecule has 1 amide bonds. The number of ether oxygens (including phenoxy) is 1. The first kappa shape index (κ1) is 15.6. The van der Waals surface area contributed by atoms with E-state index in [-0.39, 0.29) is 11.9 Å². The van der Waals surface area contributed by atoms with Crippen molar-refractivity contribution in [2.45, 2.75) is 32.4 Å². The van der Waals surface area contributed by atoms with Gasteiger partial charge >= 0.3 is 0 Å². The average Bonchev–Trinajstić information content (AvgIpc) is 3.09. The summed E-state index contributed by atoms with van der Waals surface area (Å²) in [6.07, 6.45) is 0.0315. The van der Waals surface area contributed by atoms with Gasteiger partial charge < -0.3 is 19.7 Å². The summed E-state index contributed by atoms with van der Waals surface area (Å²) in [5.74, 6) is 0.683. The van der Waals surface area contributed by atoms with E-state index in [9.17, 15) is 9.90 Å². The van der Waals surface area contributed by atoms with E-state index >= 15 is 0 Å². The number of benzene rings is 1. The maximum atomic E-state index is 12.9. The number of nitrogens with zero attached hydrogens (tertiary/aromatic N) is 1. The largest absolute Gasteiger partial charge is 0.497 e. The molecule has 2 atom stereocenters. The van der Waals surface area contributed by atoms with Crippen molar-refractivity contribution in [1.82, 2.24) is 9.88 Å². The van der Waals surface area contributed by atoms with Crippen molar-refractivity contribution >= 4 is 5.91 Å². The van der Waals surface area contributed by atoms with E-state index in [0.29, 0.717) is 18.7 Å². The number of β-amino-alcohol motifs (C(OH)–C–C–N with tert-alkyl or cyclic N) is 1. The second kappa shape index (κ2) is 6.08. The number of aryl methyl sites for hydroxylation is 2. The number of aliphatic hydroxyl groups is 1. The highest BCUT2D eigenvalue weighted by Gasteiger charge is 2.36. The summed E-state index contributed by atoms with van der Waals surface area (Å²) < 4.78 is 5.27. The fourth-order valence-electron chi connectivity index (χ4n) is 3.30. The molecule has 0 spiro atoms. The maximum absolute atomic E-state index is 12.9. The van der Waals surface area contributed by atoms with Gasteiger partial charge in [-0.05, 0) is 49.6 Å². The number of hydrogen-bond acceptors (Lipinski definition) is 3. The molecule has 3 rings (SSSR count). The summed E-state index contributed by atoms with van der Waals surface area (Å²) in [6, 6.07) is 9.50. The minimum atomic E-state index is -0.508. The van der Waals surface area contributed by atoms with Gasteiger partial charge in [0, 0.05) is 12.2 Å². The summed E-state index contributed by atoms with van der Waals surface area (Å²) in [5, 5.41) is 10.1.